The molecule has 0 heterocycles. The maximum absolute atomic E-state index is 12.8. The van der Waals surface area contributed by atoms with Gasteiger partial charge in [-0.3, -0.25) is 4.79 Å². The molecule has 0 fully saturated rings. The van der Waals surface area contributed by atoms with Gasteiger partial charge in [-0.15, -0.1) is 0 Å². The van der Waals surface area contributed by atoms with Crippen molar-refractivity contribution in [1.29, 1.82) is 0 Å². The molecule has 1 N–H and O–H groups in total. The van der Waals surface area contributed by atoms with E-state index in [1.807, 2.05) is 0 Å². The quantitative estimate of drug-likeness (QED) is 0.846. The number of nitrogens with one attached hydrogen (secondary N) is 1. The zero-order chi connectivity index (χ0) is 15.3. The van der Waals surface area contributed by atoms with E-state index in [0.717, 1.165) is 12.1 Å². The molecule has 112 valence electrons. The van der Waals surface area contributed by atoms with E-state index in [-0.39, 0.29) is 18.0 Å². The highest BCUT2D eigenvalue weighted by Crippen LogP contribution is 2.29. The van der Waals surface area contributed by atoms with Gasteiger partial charge in [0.15, 0.2) is 0 Å². The fraction of sp³-hybridized carbons (Fsp3) is 0.462. The number of alkyl halides is 3. The van der Waals surface area contributed by atoms with Gasteiger partial charge in [0.05, 0.1) is 13.0 Å². The van der Waals surface area contributed by atoms with Crippen LogP contribution < -0.4 is 5.32 Å². The highest BCUT2D eigenvalue weighted by Gasteiger charge is 2.32. The summed E-state index contributed by atoms with van der Waals surface area (Å²) in [7, 11) is 3.03. The van der Waals surface area contributed by atoms with E-state index >= 15 is 0 Å². The molecule has 0 radical (unpaired) electrons. The summed E-state index contributed by atoms with van der Waals surface area (Å²) in [6.45, 7) is -0.217. The molecule has 1 atom stereocenters. The summed E-state index contributed by atoms with van der Waals surface area (Å²) in [5, 5.41) is 2.56. The van der Waals surface area contributed by atoms with Crippen LogP contribution in [0.1, 0.15) is 18.0 Å². The normalized spacial score (nSPS) is 13.1. The van der Waals surface area contributed by atoms with Crippen LogP contribution in [-0.2, 0) is 4.79 Å². The number of rotatable bonds is 5. The fourth-order valence-corrected chi connectivity index (χ4v) is 1.60. The maximum atomic E-state index is 12.8. The largest absolute Gasteiger partial charge is 0.390 e. The molecule has 1 amide bonds. The highest BCUT2D eigenvalue weighted by atomic mass is 19.4. The van der Waals surface area contributed by atoms with E-state index in [2.05, 4.69) is 5.32 Å². The van der Waals surface area contributed by atoms with Crippen LogP contribution in [0.5, 0.6) is 0 Å². The molecular weight excluding hydrogens is 276 g/mol. The van der Waals surface area contributed by atoms with Crippen LogP contribution in [0.15, 0.2) is 24.3 Å². The zero-order valence-corrected chi connectivity index (χ0v) is 11.2. The Labute approximate surface area is 114 Å². The summed E-state index contributed by atoms with van der Waals surface area (Å²) >= 11 is 0. The number of amides is 1. The van der Waals surface area contributed by atoms with Crippen molar-refractivity contribution < 1.29 is 22.4 Å². The molecular formula is C13H16F4N2O. The fourth-order valence-electron chi connectivity index (χ4n) is 1.60. The molecule has 3 nitrogen and oxygen atoms in total. The molecule has 1 aromatic rings. The number of nitrogens with zero attached hydrogens (tertiary/aromatic N) is 1. The van der Waals surface area contributed by atoms with Crippen molar-refractivity contribution in [2.45, 2.75) is 18.6 Å². The molecule has 0 aliphatic heterocycles. The summed E-state index contributed by atoms with van der Waals surface area (Å²) in [4.78, 5) is 12.7. The predicted molar refractivity (Wildman–Crippen MR) is 66.5 cm³/mol. The van der Waals surface area contributed by atoms with Crippen molar-refractivity contribution in [3.05, 3.63) is 35.6 Å². The molecule has 0 saturated heterocycles. The lowest BCUT2D eigenvalue weighted by Gasteiger charge is -2.21. The first kappa shape index (κ1) is 16.4. The van der Waals surface area contributed by atoms with E-state index < -0.39 is 24.5 Å². The van der Waals surface area contributed by atoms with Gasteiger partial charge in [0.25, 0.3) is 0 Å². The lowest BCUT2D eigenvalue weighted by Crippen LogP contribution is -2.36. The van der Waals surface area contributed by atoms with Crippen LogP contribution in [0.2, 0.25) is 0 Å². The number of likely N-dealkylation sites (N-methyl/N-ethyl adjacent to an activating group) is 1. The van der Waals surface area contributed by atoms with Gasteiger partial charge >= 0.3 is 6.18 Å². The van der Waals surface area contributed by atoms with Crippen molar-refractivity contribution >= 4 is 5.91 Å². The Hall–Kier alpha value is -1.63. The Morgan fingerprint density at radius 3 is 2.25 bits per heavy atom. The predicted octanol–water partition coefficient (Wildman–Crippen LogP) is 2.50. The van der Waals surface area contributed by atoms with Crippen LogP contribution >= 0.6 is 0 Å². The third kappa shape index (κ3) is 5.56. The SMILES string of the molecule is CN(C)C(=O)CN[C@@H](CC(F)(F)F)c1ccc(F)cc1. The van der Waals surface area contributed by atoms with Gasteiger partial charge in [0.2, 0.25) is 5.91 Å². The average molecular weight is 292 g/mol. The van der Waals surface area contributed by atoms with E-state index in [0.29, 0.717) is 0 Å². The van der Waals surface area contributed by atoms with Gasteiger partial charge in [0.1, 0.15) is 5.82 Å². The molecule has 0 aliphatic carbocycles. The van der Waals surface area contributed by atoms with Crippen LogP contribution in [0.4, 0.5) is 17.6 Å². The second-order valence-corrected chi connectivity index (χ2v) is 4.59. The van der Waals surface area contributed by atoms with Gasteiger partial charge < -0.3 is 10.2 Å². The molecule has 1 rings (SSSR count). The van der Waals surface area contributed by atoms with E-state index in [1.165, 1.54) is 31.1 Å². The van der Waals surface area contributed by atoms with Crippen LogP contribution in [0.3, 0.4) is 0 Å². The van der Waals surface area contributed by atoms with E-state index in [1.54, 1.807) is 0 Å². The van der Waals surface area contributed by atoms with Gasteiger partial charge in [-0.1, -0.05) is 12.1 Å². The Morgan fingerprint density at radius 1 is 1.25 bits per heavy atom. The number of hydrogen-bond donors (Lipinski definition) is 1. The van der Waals surface area contributed by atoms with Gasteiger partial charge in [-0.2, -0.15) is 13.2 Å². The minimum atomic E-state index is -4.38. The monoisotopic (exact) mass is 292 g/mol. The number of halogens is 4. The minimum absolute atomic E-state index is 0.217. The number of carbonyl (C=O) groups is 1. The summed E-state index contributed by atoms with van der Waals surface area (Å²) in [6, 6.07) is 3.65. The Morgan fingerprint density at radius 2 is 1.80 bits per heavy atom. The lowest BCUT2D eigenvalue weighted by atomic mass is 10.0. The molecule has 1 aromatic carbocycles. The Balaban J connectivity index is 2.80. The standard InChI is InChI=1S/C13H16F4N2O/c1-19(2)12(20)8-18-11(7-13(15,16)17)9-3-5-10(14)6-4-9/h3-6,11,18H,7-8H2,1-2H3/t11-/m0/s1. The molecule has 0 unspecified atom stereocenters. The van der Waals surface area contributed by atoms with E-state index in [9.17, 15) is 22.4 Å². The third-order valence-electron chi connectivity index (χ3n) is 2.71. The first-order valence-electron chi connectivity index (χ1n) is 5.95. The summed E-state index contributed by atoms with van der Waals surface area (Å²) in [5.41, 5.74) is 0.287. The topological polar surface area (TPSA) is 32.3 Å². The molecule has 0 saturated carbocycles. The second-order valence-electron chi connectivity index (χ2n) is 4.59. The van der Waals surface area contributed by atoms with Crippen LogP contribution in [0.25, 0.3) is 0 Å². The van der Waals surface area contributed by atoms with Crippen molar-refractivity contribution in [2.24, 2.45) is 0 Å². The van der Waals surface area contributed by atoms with Crippen molar-refractivity contribution in [1.82, 2.24) is 10.2 Å². The summed E-state index contributed by atoms with van der Waals surface area (Å²) in [5.74, 6) is -0.858. The Bertz CT molecular complexity index is 443. The molecule has 0 bridgehead atoms. The van der Waals surface area contributed by atoms with E-state index in [4.69, 9.17) is 0 Å². The molecule has 20 heavy (non-hydrogen) atoms. The van der Waals surface area contributed by atoms with Gasteiger partial charge in [0, 0.05) is 20.1 Å². The van der Waals surface area contributed by atoms with Crippen molar-refractivity contribution in [3.8, 4) is 0 Å². The average Bonchev–Trinajstić information content (AvgIpc) is 2.33. The first-order valence-corrected chi connectivity index (χ1v) is 5.95. The molecule has 0 aromatic heterocycles. The van der Waals surface area contributed by atoms with Crippen molar-refractivity contribution in [2.75, 3.05) is 20.6 Å². The number of benzene rings is 1. The van der Waals surface area contributed by atoms with Crippen LogP contribution in [-0.4, -0.2) is 37.6 Å². The van der Waals surface area contributed by atoms with Gasteiger partial charge in [-0.25, -0.2) is 4.39 Å². The molecule has 7 heteroatoms. The lowest BCUT2D eigenvalue weighted by molar-refractivity contribution is -0.142. The smallest absolute Gasteiger partial charge is 0.348 e. The van der Waals surface area contributed by atoms with Crippen LogP contribution in [0, 0.1) is 5.82 Å². The summed E-state index contributed by atoms with van der Waals surface area (Å²) < 4.78 is 50.4. The maximum Gasteiger partial charge on any atom is 0.390 e. The third-order valence-corrected chi connectivity index (χ3v) is 2.71. The number of hydrogen-bond acceptors (Lipinski definition) is 2. The minimum Gasteiger partial charge on any atom is -0.348 e. The zero-order valence-electron chi connectivity index (χ0n) is 11.2. The summed E-state index contributed by atoms with van der Waals surface area (Å²) in [6.07, 6.45) is -5.51. The van der Waals surface area contributed by atoms with Gasteiger partial charge in [-0.05, 0) is 17.7 Å². The van der Waals surface area contributed by atoms with Crippen molar-refractivity contribution in [3.63, 3.8) is 0 Å². The number of carbonyl (C=O) groups excluding carboxylic acids is 1. The second kappa shape index (κ2) is 6.69. The highest BCUT2D eigenvalue weighted by molar-refractivity contribution is 5.77. The first-order chi connectivity index (χ1) is 9.19. The molecule has 0 spiro atoms. The Kier molecular flexibility index (Phi) is 5.50. The molecule has 0 aliphatic rings.